The van der Waals surface area contributed by atoms with E-state index in [1.165, 1.54) is 0 Å². The number of ether oxygens (including phenoxy) is 1. The standard InChI is InChI=1S/C13H11Br2ClN2O/c1-19-13-8(5-9(14)6-10(13)15)7-17-12-4-2-3-11(16)18-12/h2-6H,7H2,1H3,(H,17,18). The van der Waals surface area contributed by atoms with Crippen molar-refractivity contribution < 1.29 is 4.74 Å². The molecule has 2 aromatic rings. The molecule has 100 valence electrons. The average molecular weight is 407 g/mol. The van der Waals surface area contributed by atoms with E-state index in [1.807, 2.05) is 24.3 Å². The minimum Gasteiger partial charge on any atom is -0.495 e. The van der Waals surface area contributed by atoms with E-state index in [0.717, 1.165) is 26.1 Å². The normalized spacial score (nSPS) is 10.3. The number of halogens is 3. The van der Waals surface area contributed by atoms with Crippen LogP contribution in [-0.2, 0) is 6.54 Å². The van der Waals surface area contributed by atoms with Crippen LogP contribution in [0.1, 0.15) is 5.56 Å². The third-order valence-corrected chi connectivity index (χ3v) is 3.72. The summed E-state index contributed by atoms with van der Waals surface area (Å²) in [6.07, 6.45) is 0. The lowest BCUT2D eigenvalue weighted by Gasteiger charge is -2.12. The Morgan fingerprint density at radius 1 is 1.32 bits per heavy atom. The van der Waals surface area contributed by atoms with Gasteiger partial charge in [0.1, 0.15) is 16.7 Å². The summed E-state index contributed by atoms with van der Waals surface area (Å²) >= 11 is 12.8. The number of rotatable bonds is 4. The van der Waals surface area contributed by atoms with Gasteiger partial charge in [-0.25, -0.2) is 4.98 Å². The van der Waals surface area contributed by atoms with Gasteiger partial charge in [0.15, 0.2) is 0 Å². The number of aromatic nitrogens is 1. The molecule has 0 saturated heterocycles. The lowest BCUT2D eigenvalue weighted by atomic mass is 10.2. The number of pyridine rings is 1. The highest BCUT2D eigenvalue weighted by molar-refractivity contribution is 9.11. The van der Waals surface area contributed by atoms with Crippen molar-refractivity contribution in [2.24, 2.45) is 0 Å². The summed E-state index contributed by atoms with van der Waals surface area (Å²) in [6, 6.07) is 9.40. The number of anilines is 1. The smallest absolute Gasteiger partial charge is 0.138 e. The molecule has 0 atom stereocenters. The number of methoxy groups -OCH3 is 1. The first-order chi connectivity index (χ1) is 9.10. The summed E-state index contributed by atoms with van der Waals surface area (Å²) in [5.41, 5.74) is 1.02. The Kier molecular flexibility index (Phi) is 5.07. The number of hydrogen-bond donors (Lipinski definition) is 1. The van der Waals surface area contributed by atoms with Crippen LogP contribution in [0, 0.1) is 0 Å². The van der Waals surface area contributed by atoms with Crippen LogP contribution in [0.2, 0.25) is 5.15 Å². The van der Waals surface area contributed by atoms with Crippen LogP contribution >= 0.6 is 43.5 Å². The Hall–Kier alpha value is -0.780. The van der Waals surface area contributed by atoms with Crippen LogP contribution in [0.4, 0.5) is 5.82 Å². The topological polar surface area (TPSA) is 34.1 Å². The second kappa shape index (κ2) is 6.59. The van der Waals surface area contributed by atoms with Gasteiger partial charge in [-0.1, -0.05) is 33.6 Å². The quantitative estimate of drug-likeness (QED) is 0.735. The Bertz CT molecular complexity index is 593. The zero-order valence-electron chi connectivity index (χ0n) is 10.1. The van der Waals surface area contributed by atoms with Gasteiger partial charge in [0.25, 0.3) is 0 Å². The maximum absolute atomic E-state index is 5.84. The summed E-state index contributed by atoms with van der Waals surface area (Å²) in [5, 5.41) is 3.68. The lowest BCUT2D eigenvalue weighted by molar-refractivity contribution is 0.407. The van der Waals surface area contributed by atoms with E-state index >= 15 is 0 Å². The molecule has 6 heteroatoms. The van der Waals surface area contributed by atoms with E-state index in [9.17, 15) is 0 Å². The highest BCUT2D eigenvalue weighted by Crippen LogP contribution is 2.33. The Labute approximate surface area is 133 Å². The number of nitrogens with zero attached hydrogens (tertiary/aromatic N) is 1. The predicted octanol–water partition coefficient (Wildman–Crippen LogP) is 4.88. The van der Waals surface area contributed by atoms with Gasteiger partial charge in [-0.15, -0.1) is 0 Å². The Balaban J connectivity index is 2.19. The molecular weight excluding hydrogens is 395 g/mol. The van der Waals surface area contributed by atoms with Gasteiger partial charge < -0.3 is 10.1 Å². The number of hydrogen-bond acceptors (Lipinski definition) is 3. The largest absolute Gasteiger partial charge is 0.495 e. The second-order valence-electron chi connectivity index (χ2n) is 3.78. The van der Waals surface area contributed by atoms with E-state index in [-0.39, 0.29) is 0 Å². The molecule has 1 aromatic heterocycles. The van der Waals surface area contributed by atoms with Crippen molar-refractivity contribution in [3.05, 3.63) is 50.0 Å². The van der Waals surface area contributed by atoms with Gasteiger partial charge >= 0.3 is 0 Å². The summed E-state index contributed by atoms with van der Waals surface area (Å²) in [5.74, 6) is 1.53. The molecule has 0 spiro atoms. The molecule has 0 unspecified atom stereocenters. The van der Waals surface area contributed by atoms with Crippen LogP contribution in [0.3, 0.4) is 0 Å². The Morgan fingerprint density at radius 2 is 2.11 bits per heavy atom. The van der Waals surface area contributed by atoms with Crippen molar-refractivity contribution in [3.8, 4) is 5.75 Å². The van der Waals surface area contributed by atoms with Crippen molar-refractivity contribution >= 4 is 49.3 Å². The Morgan fingerprint density at radius 3 is 2.79 bits per heavy atom. The monoisotopic (exact) mass is 404 g/mol. The van der Waals surface area contributed by atoms with Gasteiger partial charge in [-0.3, -0.25) is 0 Å². The molecule has 0 amide bonds. The molecule has 1 aromatic carbocycles. The fourth-order valence-electron chi connectivity index (χ4n) is 1.67. The summed E-state index contributed by atoms with van der Waals surface area (Å²) in [6.45, 7) is 0.592. The molecule has 0 bridgehead atoms. The maximum Gasteiger partial charge on any atom is 0.138 e. The highest BCUT2D eigenvalue weighted by Gasteiger charge is 2.09. The third kappa shape index (κ3) is 3.84. The van der Waals surface area contributed by atoms with Gasteiger partial charge in [-0.05, 0) is 40.2 Å². The van der Waals surface area contributed by atoms with Crippen molar-refractivity contribution in [2.45, 2.75) is 6.54 Å². The van der Waals surface area contributed by atoms with Crippen molar-refractivity contribution in [2.75, 3.05) is 12.4 Å². The molecule has 3 nitrogen and oxygen atoms in total. The van der Waals surface area contributed by atoms with Crippen LogP contribution in [0.25, 0.3) is 0 Å². The molecule has 2 rings (SSSR count). The van der Waals surface area contributed by atoms with Crippen LogP contribution in [-0.4, -0.2) is 12.1 Å². The molecule has 0 aliphatic rings. The van der Waals surface area contributed by atoms with E-state index < -0.39 is 0 Å². The lowest BCUT2D eigenvalue weighted by Crippen LogP contribution is -2.03. The number of nitrogens with one attached hydrogen (secondary N) is 1. The first kappa shape index (κ1) is 14.6. The van der Waals surface area contributed by atoms with E-state index in [0.29, 0.717) is 11.7 Å². The zero-order valence-corrected chi connectivity index (χ0v) is 14.0. The number of benzene rings is 1. The first-order valence-electron chi connectivity index (χ1n) is 5.48. The summed E-state index contributed by atoms with van der Waals surface area (Å²) in [7, 11) is 1.65. The van der Waals surface area contributed by atoms with Gasteiger partial charge in [0, 0.05) is 16.6 Å². The van der Waals surface area contributed by atoms with Crippen LogP contribution < -0.4 is 10.1 Å². The van der Waals surface area contributed by atoms with Crippen molar-refractivity contribution in [1.29, 1.82) is 0 Å². The molecule has 0 fully saturated rings. The molecule has 1 N–H and O–H groups in total. The average Bonchev–Trinajstić information content (AvgIpc) is 2.36. The maximum atomic E-state index is 5.84. The van der Waals surface area contributed by atoms with E-state index in [2.05, 4.69) is 42.2 Å². The fourth-order valence-corrected chi connectivity index (χ4v) is 3.31. The molecule has 0 aliphatic carbocycles. The summed E-state index contributed by atoms with van der Waals surface area (Å²) in [4.78, 5) is 4.18. The van der Waals surface area contributed by atoms with Crippen LogP contribution in [0.5, 0.6) is 5.75 Å². The first-order valence-corrected chi connectivity index (χ1v) is 7.45. The molecule has 0 radical (unpaired) electrons. The van der Waals surface area contributed by atoms with E-state index in [4.69, 9.17) is 16.3 Å². The van der Waals surface area contributed by atoms with Gasteiger partial charge in [0.2, 0.25) is 0 Å². The van der Waals surface area contributed by atoms with Gasteiger partial charge in [-0.2, -0.15) is 0 Å². The van der Waals surface area contributed by atoms with Crippen molar-refractivity contribution in [3.63, 3.8) is 0 Å². The minimum absolute atomic E-state index is 0.465. The summed E-state index contributed by atoms with van der Waals surface area (Å²) < 4.78 is 7.27. The SMILES string of the molecule is COc1c(Br)cc(Br)cc1CNc1cccc(Cl)n1. The third-order valence-electron chi connectivity index (χ3n) is 2.46. The zero-order chi connectivity index (χ0) is 13.8. The van der Waals surface area contributed by atoms with Crippen molar-refractivity contribution in [1.82, 2.24) is 4.98 Å². The fraction of sp³-hybridized carbons (Fsp3) is 0.154. The van der Waals surface area contributed by atoms with E-state index in [1.54, 1.807) is 13.2 Å². The minimum atomic E-state index is 0.465. The van der Waals surface area contributed by atoms with Gasteiger partial charge in [0.05, 0.1) is 11.6 Å². The predicted molar refractivity (Wildman–Crippen MR) is 85.0 cm³/mol. The molecule has 1 heterocycles. The molecule has 0 saturated carbocycles. The molecular formula is C13H11Br2ClN2O. The van der Waals surface area contributed by atoms with Crippen LogP contribution in [0.15, 0.2) is 39.3 Å². The second-order valence-corrected chi connectivity index (χ2v) is 5.94. The molecule has 0 aliphatic heterocycles. The molecule has 19 heavy (non-hydrogen) atoms. The highest BCUT2D eigenvalue weighted by atomic mass is 79.9.